The number of benzene rings is 1. The van der Waals surface area contributed by atoms with Crippen LogP contribution in [-0.4, -0.2) is 31.2 Å². The first kappa shape index (κ1) is 15.6. The minimum atomic E-state index is 0.520. The summed E-state index contributed by atoms with van der Waals surface area (Å²) < 4.78 is 5.42. The number of nitrogens with zero attached hydrogens (tertiary/aromatic N) is 2. The van der Waals surface area contributed by atoms with Crippen LogP contribution in [0.3, 0.4) is 0 Å². The fourth-order valence-electron chi connectivity index (χ4n) is 2.44. The monoisotopic (exact) mass is 312 g/mol. The minimum Gasteiger partial charge on any atom is -0.381 e. The molecule has 0 spiro atoms. The van der Waals surface area contributed by atoms with Gasteiger partial charge in [0.15, 0.2) is 0 Å². The highest BCUT2D eigenvalue weighted by molar-refractivity contribution is 6.33. The van der Waals surface area contributed by atoms with Crippen molar-refractivity contribution in [1.82, 2.24) is 4.90 Å². The van der Waals surface area contributed by atoms with Crippen LogP contribution in [-0.2, 0) is 11.3 Å². The van der Waals surface area contributed by atoms with E-state index in [0.29, 0.717) is 17.4 Å². The molecule has 0 unspecified atom stereocenters. The maximum atomic E-state index is 8.79. The van der Waals surface area contributed by atoms with Crippen LogP contribution in [0.5, 0.6) is 0 Å². The smallest absolute Gasteiger partial charge is 0.0635 e. The average molecular weight is 313 g/mol. The SMILES string of the molecule is N#CCCN(Cc1cc(Cl)ccc1Cl)C[C@@H]1CCOC1. The predicted molar refractivity (Wildman–Crippen MR) is 80.9 cm³/mol. The van der Waals surface area contributed by atoms with Crippen molar-refractivity contribution in [2.24, 2.45) is 5.92 Å². The number of nitriles is 1. The second kappa shape index (κ2) is 7.85. The van der Waals surface area contributed by atoms with E-state index in [0.717, 1.165) is 49.9 Å². The molecule has 1 aliphatic heterocycles. The van der Waals surface area contributed by atoms with E-state index >= 15 is 0 Å². The molecule has 1 fully saturated rings. The van der Waals surface area contributed by atoms with E-state index in [4.69, 9.17) is 33.2 Å². The summed E-state index contributed by atoms with van der Waals surface area (Å²) in [6.07, 6.45) is 1.61. The first-order chi connectivity index (χ1) is 9.69. The van der Waals surface area contributed by atoms with Crippen LogP contribution >= 0.6 is 23.2 Å². The number of hydrogen-bond donors (Lipinski definition) is 0. The maximum Gasteiger partial charge on any atom is 0.0635 e. The highest BCUT2D eigenvalue weighted by Gasteiger charge is 2.19. The Kier molecular flexibility index (Phi) is 6.12. The molecule has 0 saturated carbocycles. The fraction of sp³-hybridized carbons (Fsp3) is 0.533. The van der Waals surface area contributed by atoms with Crippen molar-refractivity contribution in [2.75, 3.05) is 26.3 Å². The number of halogens is 2. The molecule has 3 nitrogen and oxygen atoms in total. The van der Waals surface area contributed by atoms with E-state index in [1.54, 1.807) is 6.07 Å². The van der Waals surface area contributed by atoms with Crippen molar-refractivity contribution in [2.45, 2.75) is 19.4 Å². The van der Waals surface area contributed by atoms with Gasteiger partial charge in [0.1, 0.15) is 0 Å². The molecule has 0 N–H and O–H groups in total. The van der Waals surface area contributed by atoms with Crippen LogP contribution in [0.1, 0.15) is 18.4 Å². The van der Waals surface area contributed by atoms with Crippen molar-refractivity contribution < 1.29 is 4.74 Å². The Morgan fingerprint density at radius 2 is 2.25 bits per heavy atom. The van der Waals surface area contributed by atoms with Crippen LogP contribution in [0, 0.1) is 17.2 Å². The Morgan fingerprint density at radius 3 is 2.95 bits per heavy atom. The van der Waals surface area contributed by atoms with Gasteiger partial charge in [0.2, 0.25) is 0 Å². The zero-order valence-corrected chi connectivity index (χ0v) is 12.8. The Balaban J connectivity index is 2.01. The van der Waals surface area contributed by atoms with E-state index in [9.17, 15) is 0 Å². The second-order valence-electron chi connectivity index (χ2n) is 5.11. The number of rotatable bonds is 6. The molecule has 1 saturated heterocycles. The normalized spacial score (nSPS) is 18.4. The first-order valence-corrected chi connectivity index (χ1v) is 7.55. The molecule has 0 aromatic heterocycles. The van der Waals surface area contributed by atoms with Crippen LogP contribution in [0.2, 0.25) is 10.0 Å². The lowest BCUT2D eigenvalue weighted by Crippen LogP contribution is -2.30. The van der Waals surface area contributed by atoms with Crippen LogP contribution in [0.4, 0.5) is 0 Å². The third kappa shape index (κ3) is 4.64. The van der Waals surface area contributed by atoms with Gasteiger partial charge in [-0.15, -0.1) is 0 Å². The summed E-state index contributed by atoms with van der Waals surface area (Å²) in [5.41, 5.74) is 1.01. The van der Waals surface area contributed by atoms with Crippen molar-refractivity contribution in [1.29, 1.82) is 5.26 Å². The van der Waals surface area contributed by atoms with E-state index in [1.165, 1.54) is 0 Å². The molecule has 20 heavy (non-hydrogen) atoms. The molecule has 1 atom stereocenters. The first-order valence-electron chi connectivity index (χ1n) is 6.80. The minimum absolute atomic E-state index is 0.520. The summed E-state index contributed by atoms with van der Waals surface area (Å²) in [4.78, 5) is 2.26. The van der Waals surface area contributed by atoms with E-state index in [-0.39, 0.29) is 0 Å². The molecule has 1 aromatic carbocycles. The van der Waals surface area contributed by atoms with Gasteiger partial charge in [0, 0.05) is 42.7 Å². The second-order valence-corrected chi connectivity index (χ2v) is 5.95. The molecule has 0 radical (unpaired) electrons. The van der Waals surface area contributed by atoms with Crippen LogP contribution in [0.25, 0.3) is 0 Å². The lowest BCUT2D eigenvalue weighted by atomic mass is 10.1. The van der Waals surface area contributed by atoms with Gasteiger partial charge in [0.25, 0.3) is 0 Å². The van der Waals surface area contributed by atoms with Crippen LogP contribution in [0.15, 0.2) is 18.2 Å². The standard InChI is InChI=1S/C15H18Cl2N2O/c16-14-2-3-15(17)13(8-14)10-19(6-1-5-18)9-12-4-7-20-11-12/h2-3,8,12H,1,4,6-7,9-11H2/t12-/m0/s1. The molecule has 2 rings (SSSR count). The van der Waals surface area contributed by atoms with Gasteiger partial charge in [-0.25, -0.2) is 0 Å². The molecular formula is C15H18Cl2N2O. The summed E-state index contributed by atoms with van der Waals surface area (Å²) in [5, 5.41) is 10.2. The Labute approximate surface area is 130 Å². The topological polar surface area (TPSA) is 36.3 Å². The van der Waals surface area contributed by atoms with E-state index in [2.05, 4.69) is 11.0 Å². The Hall–Kier alpha value is -0.790. The molecule has 1 aromatic rings. The van der Waals surface area contributed by atoms with Gasteiger partial charge in [-0.05, 0) is 36.1 Å². The molecule has 108 valence electrons. The number of hydrogen-bond acceptors (Lipinski definition) is 3. The van der Waals surface area contributed by atoms with Gasteiger partial charge < -0.3 is 4.74 Å². The third-order valence-electron chi connectivity index (χ3n) is 3.48. The van der Waals surface area contributed by atoms with Gasteiger partial charge in [-0.3, -0.25) is 4.90 Å². The molecule has 1 heterocycles. The lowest BCUT2D eigenvalue weighted by Gasteiger charge is -2.24. The average Bonchev–Trinajstić information content (AvgIpc) is 2.93. The zero-order valence-electron chi connectivity index (χ0n) is 11.3. The third-order valence-corrected chi connectivity index (χ3v) is 4.09. The van der Waals surface area contributed by atoms with Crippen molar-refractivity contribution >= 4 is 23.2 Å². The van der Waals surface area contributed by atoms with Gasteiger partial charge >= 0.3 is 0 Å². The van der Waals surface area contributed by atoms with Crippen molar-refractivity contribution in [3.63, 3.8) is 0 Å². The van der Waals surface area contributed by atoms with Crippen molar-refractivity contribution in [3.05, 3.63) is 33.8 Å². The maximum absolute atomic E-state index is 8.79. The molecule has 0 bridgehead atoms. The molecular weight excluding hydrogens is 295 g/mol. The zero-order chi connectivity index (χ0) is 14.4. The highest BCUT2D eigenvalue weighted by atomic mass is 35.5. The van der Waals surface area contributed by atoms with Crippen molar-refractivity contribution in [3.8, 4) is 6.07 Å². The molecule has 5 heteroatoms. The van der Waals surface area contributed by atoms with E-state index in [1.807, 2.05) is 12.1 Å². The van der Waals surface area contributed by atoms with Gasteiger partial charge in [-0.1, -0.05) is 23.2 Å². The largest absolute Gasteiger partial charge is 0.381 e. The summed E-state index contributed by atoms with van der Waals surface area (Å²) >= 11 is 12.2. The summed E-state index contributed by atoms with van der Waals surface area (Å²) in [5.74, 6) is 0.548. The Bertz CT molecular complexity index is 481. The summed E-state index contributed by atoms with van der Waals surface area (Å²) in [7, 11) is 0. The van der Waals surface area contributed by atoms with Crippen LogP contribution < -0.4 is 0 Å². The Morgan fingerprint density at radius 1 is 1.40 bits per heavy atom. The summed E-state index contributed by atoms with van der Waals surface area (Å²) in [6, 6.07) is 7.71. The highest BCUT2D eigenvalue weighted by Crippen LogP contribution is 2.23. The quantitative estimate of drug-likeness (QED) is 0.802. The van der Waals surface area contributed by atoms with Gasteiger partial charge in [-0.2, -0.15) is 5.26 Å². The fourth-order valence-corrected chi connectivity index (χ4v) is 2.81. The summed E-state index contributed by atoms with van der Waals surface area (Å²) in [6.45, 7) is 4.05. The van der Waals surface area contributed by atoms with E-state index < -0.39 is 0 Å². The molecule has 1 aliphatic rings. The molecule has 0 aliphatic carbocycles. The lowest BCUT2D eigenvalue weighted by molar-refractivity contribution is 0.165. The van der Waals surface area contributed by atoms with Gasteiger partial charge in [0.05, 0.1) is 12.7 Å². The molecule has 0 amide bonds. The predicted octanol–water partition coefficient (Wildman–Crippen LogP) is 3.75. The number of ether oxygens (including phenoxy) is 1.